The third-order valence-corrected chi connectivity index (χ3v) is 15.2. The van der Waals surface area contributed by atoms with E-state index < -0.39 is 14.4 Å². The zero-order valence-corrected chi connectivity index (χ0v) is 30.1. The summed E-state index contributed by atoms with van der Waals surface area (Å²) in [6.45, 7) is 17.9. The minimum atomic E-state index is -1.80. The molecule has 0 atom stereocenters. The first kappa shape index (κ1) is 38.3. The first-order valence-electron chi connectivity index (χ1n) is 14.3. The second kappa shape index (κ2) is 18.1. The Morgan fingerprint density at radius 1 is 0.452 bits per heavy atom. The van der Waals surface area contributed by atoms with Crippen LogP contribution in [0.2, 0.25) is 0 Å². The third-order valence-electron chi connectivity index (χ3n) is 6.95. The quantitative estimate of drug-likeness (QED) is 0.0907. The van der Waals surface area contributed by atoms with Crippen molar-refractivity contribution in [3.05, 3.63) is 119 Å². The van der Waals surface area contributed by atoms with Gasteiger partial charge in [-0.1, -0.05) is 127 Å². The van der Waals surface area contributed by atoms with Crippen LogP contribution in [0.1, 0.15) is 55.4 Å². The molecule has 8 heteroatoms. The van der Waals surface area contributed by atoms with Gasteiger partial charge in [0.05, 0.1) is 0 Å². The van der Waals surface area contributed by atoms with Gasteiger partial charge in [-0.25, -0.2) is 24.3 Å². The Morgan fingerprint density at radius 2 is 0.714 bits per heavy atom. The average molecular weight is 684 g/mol. The fourth-order valence-electron chi connectivity index (χ4n) is 4.75. The second-order valence-electron chi connectivity index (χ2n) is 11.1. The molecule has 0 saturated carbocycles. The van der Waals surface area contributed by atoms with Crippen molar-refractivity contribution < 1.29 is 34.1 Å². The molecule has 0 heterocycles. The summed E-state index contributed by atoms with van der Waals surface area (Å²) in [6, 6.07) is 36.9. The number of benzene rings is 2. The molecule has 228 valence electrons. The van der Waals surface area contributed by atoms with Gasteiger partial charge in [0.1, 0.15) is 0 Å². The van der Waals surface area contributed by atoms with Crippen LogP contribution in [0, 0.1) is 0 Å². The van der Waals surface area contributed by atoms with Gasteiger partial charge < -0.3 is 19.7 Å². The summed E-state index contributed by atoms with van der Waals surface area (Å²) in [6.07, 6.45) is 0. The van der Waals surface area contributed by atoms with Crippen molar-refractivity contribution in [1.29, 1.82) is 0 Å². The van der Waals surface area contributed by atoms with Gasteiger partial charge in [-0.2, -0.15) is 24.3 Å². The van der Waals surface area contributed by atoms with Crippen molar-refractivity contribution in [2.75, 3.05) is 0 Å². The van der Waals surface area contributed by atoms with E-state index >= 15 is 0 Å². The Kier molecular flexibility index (Phi) is 16.5. The molecule has 0 unspecified atom stereocenters. The Balaban J connectivity index is 0.000000401. The maximum absolute atomic E-state index is 5.11. The zero-order valence-electron chi connectivity index (χ0n) is 26.1. The molecule has 0 bridgehead atoms. The molecule has 0 saturated heterocycles. The van der Waals surface area contributed by atoms with E-state index in [1.165, 1.54) is 0 Å². The smallest absolute Gasteiger partial charge is 0.645 e. The molecule has 0 aromatic heterocycles. The molecule has 4 rings (SSSR count). The van der Waals surface area contributed by atoms with Crippen LogP contribution in [0.5, 0.6) is 0 Å². The van der Waals surface area contributed by atoms with E-state index in [4.69, 9.17) is 19.7 Å². The largest absolute Gasteiger partial charge is 2.00 e. The van der Waals surface area contributed by atoms with E-state index in [1.54, 1.807) is 0 Å². The van der Waals surface area contributed by atoms with Crippen LogP contribution in [0.4, 0.5) is 22.7 Å². The van der Waals surface area contributed by atoms with Gasteiger partial charge in [-0.3, -0.25) is 0 Å². The molecule has 0 spiro atoms. The Hall–Kier alpha value is -1.76. The molecule has 42 heavy (non-hydrogen) atoms. The Bertz CT molecular complexity index is 1230. The minimum absolute atomic E-state index is 0. The fourth-order valence-corrected chi connectivity index (χ4v) is 11.1. The van der Waals surface area contributed by atoms with E-state index in [0.29, 0.717) is 22.6 Å². The Morgan fingerprint density at radius 3 is 0.952 bits per heavy atom. The average Bonchev–Trinajstić information content (AvgIpc) is 3.63. The van der Waals surface area contributed by atoms with E-state index in [9.17, 15) is 0 Å². The van der Waals surface area contributed by atoms with Gasteiger partial charge in [0, 0.05) is 0 Å². The maximum Gasteiger partial charge on any atom is 2.00 e. The fraction of sp³-hybridized carbons (Fsp3) is 0.353. The molecular formula is C34H46Fe2N4P2. The molecule has 0 radical (unpaired) electrons. The number of hydrogen-bond acceptors (Lipinski definition) is 2. The van der Waals surface area contributed by atoms with Crippen LogP contribution in [-0.2, 0) is 34.1 Å². The van der Waals surface area contributed by atoms with Crippen molar-refractivity contribution in [2.24, 2.45) is 9.49 Å². The number of hydrogen-bond donors (Lipinski definition) is 0. The SMILES string of the molecule is CC(C)P(=N[c-]1cccc1)([N-]c1ccccc1)C(C)C.CC(C)P(=N[c-]1cccc1)([N-]c1ccccc1)C(C)C.[Fe+2].[Fe+2]. The summed E-state index contributed by atoms with van der Waals surface area (Å²) in [4.78, 5) is 0. The predicted molar refractivity (Wildman–Crippen MR) is 182 cm³/mol. The van der Waals surface area contributed by atoms with Crippen LogP contribution in [-0.4, -0.2) is 22.6 Å². The Labute approximate surface area is 276 Å². The summed E-state index contributed by atoms with van der Waals surface area (Å²) in [7, 11) is -3.60. The van der Waals surface area contributed by atoms with Crippen LogP contribution >= 0.6 is 14.4 Å². The standard InChI is InChI=1S/2C17H23N2P.2Fe/c2*1-14(2)20(15(3)4,19-17-12-8-9-13-17)18-16-10-6-5-7-11-16;;/h2*5-15H,1-4H3;;/q2*-2;2*+2. The summed E-state index contributed by atoms with van der Waals surface area (Å²) < 4.78 is 10.2. The second-order valence-corrected chi connectivity index (χ2v) is 18.9. The summed E-state index contributed by atoms with van der Waals surface area (Å²) in [5.74, 6) is 0. The van der Waals surface area contributed by atoms with Crippen molar-refractivity contribution >= 4 is 37.2 Å². The number of rotatable bonds is 10. The van der Waals surface area contributed by atoms with Crippen LogP contribution in [0.25, 0.3) is 10.2 Å². The van der Waals surface area contributed by atoms with E-state index in [-0.39, 0.29) is 34.1 Å². The molecule has 0 aliphatic rings. The number of nitrogens with zero attached hydrogens (tertiary/aromatic N) is 4. The van der Waals surface area contributed by atoms with E-state index in [1.807, 2.05) is 60.7 Å². The van der Waals surface area contributed by atoms with Crippen LogP contribution in [0.3, 0.4) is 0 Å². The predicted octanol–water partition coefficient (Wildman–Crippen LogP) is 13.3. The molecule has 4 aromatic carbocycles. The van der Waals surface area contributed by atoms with Crippen LogP contribution < -0.4 is 0 Å². The van der Waals surface area contributed by atoms with Gasteiger partial charge in [-0.05, 0) is 22.6 Å². The van der Waals surface area contributed by atoms with Crippen molar-refractivity contribution in [1.82, 2.24) is 0 Å². The molecular weight excluding hydrogens is 638 g/mol. The minimum Gasteiger partial charge on any atom is -0.645 e. The molecule has 0 aliphatic carbocycles. The van der Waals surface area contributed by atoms with Crippen molar-refractivity contribution in [3.8, 4) is 0 Å². The third kappa shape index (κ3) is 10.2. The molecule has 0 aliphatic heterocycles. The van der Waals surface area contributed by atoms with Crippen LogP contribution in [0.15, 0.2) is 119 Å². The topological polar surface area (TPSA) is 52.9 Å². The van der Waals surface area contributed by atoms with Crippen molar-refractivity contribution in [2.45, 2.75) is 78.0 Å². The van der Waals surface area contributed by atoms with Gasteiger partial charge in [0.2, 0.25) is 0 Å². The van der Waals surface area contributed by atoms with E-state index in [0.717, 1.165) is 22.7 Å². The molecule has 0 N–H and O–H groups in total. The molecule has 4 aromatic rings. The normalized spacial score (nSPS) is 11.3. The molecule has 4 nitrogen and oxygen atoms in total. The zero-order chi connectivity index (χ0) is 29.2. The first-order valence-corrected chi connectivity index (χ1v) is 18.0. The monoisotopic (exact) mass is 684 g/mol. The van der Waals surface area contributed by atoms with Gasteiger partial charge in [-0.15, -0.1) is 25.8 Å². The maximum atomic E-state index is 5.11. The first-order chi connectivity index (χ1) is 19.1. The van der Waals surface area contributed by atoms with Gasteiger partial charge in [0.25, 0.3) is 0 Å². The van der Waals surface area contributed by atoms with Crippen molar-refractivity contribution in [3.63, 3.8) is 0 Å². The molecule has 0 amide bonds. The van der Waals surface area contributed by atoms with Gasteiger partial charge in [0.15, 0.2) is 0 Å². The van der Waals surface area contributed by atoms with E-state index in [2.05, 4.69) is 104 Å². The summed E-state index contributed by atoms with van der Waals surface area (Å²) in [5.41, 5.74) is 5.96. The van der Waals surface area contributed by atoms with Gasteiger partial charge >= 0.3 is 34.1 Å². The summed E-state index contributed by atoms with van der Waals surface area (Å²) in [5, 5.41) is 10.2. The molecule has 0 fully saturated rings. The summed E-state index contributed by atoms with van der Waals surface area (Å²) >= 11 is 0.